The van der Waals surface area contributed by atoms with Gasteiger partial charge in [-0.05, 0) is 42.3 Å². The van der Waals surface area contributed by atoms with Gasteiger partial charge in [0.05, 0.1) is 5.69 Å². The molecule has 0 atom stereocenters. The number of aromatic nitrogens is 1. The minimum Gasteiger partial charge on any atom is -0.455 e. The first-order chi connectivity index (χ1) is 13.1. The van der Waals surface area contributed by atoms with Crippen LogP contribution in [-0.2, 0) is 0 Å². The Balaban J connectivity index is 1.76. The van der Waals surface area contributed by atoms with Crippen LogP contribution in [0.2, 0.25) is 0 Å². The number of carbonyl (C=O) groups is 1. The summed E-state index contributed by atoms with van der Waals surface area (Å²) in [5.41, 5.74) is 1.34. The number of para-hydroxylation sites is 3. The molecule has 1 aromatic heterocycles. The SMILES string of the molecule is CC(C)CNC(=O)c1ccnc(Nc2ccccc2Oc2ccccc2)c1. The second-order valence-electron chi connectivity index (χ2n) is 6.57. The predicted octanol–water partition coefficient (Wildman–Crippen LogP) is 5.00. The van der Waals surface area contributed by atoms with Crippen LogP contribution >= 0.6 is 0 Å². The summed E-state index contributed by atoms with van der Waals surface area (Å²) < 4.78 is 5.95. The second kappa shape index (κ2) is 8.85. The molecule has 0 spiro atoms. The molecule has 5 heteroatoms. The maximum atomic E-state index is 12.3. The molecule has 0 radical (unpaired) electrons. The molecule has 27 heavy (non-hydrogen) atoms. The molecular weight excluding hydrogens is 338 g/mol. The minimum atomic E-state index is -0.108. The summed E-state index contributed by atoms with van der Waals surface area (Å²) in [4.78, 5) is 16.6. The molecule has 0 unspecified atom stereocenters. The van der Waals surface area contributed by atoms with Crippen LogP contribution < -0.4 is 15.4 Å². The molecule has 0 bridgehead atoms. The van der Waals surface area contributed by atoms with Crippen molar-refractivity contribution in [2.75, 3.05) is 11.9 Å². The number of nitrogens with one attached hydrogen (secondary N) is 2. The van der Waals surface area contributed by atoms with Crippen molar-refractivity contribution in [1.29, 1.82) is 0 Å². The molecule has 2 N–H and O–H groups in total. The third kappa shape index (κ3) is 5.31. The Morgan fingerprint density at radius 2 is 1.78 bits per heavy atom. The van der Waals surface area contributed by atoms with Gasteiger partial charge in [0.15, 0.2) is 5.75 Å². The van der Waals surface area contributed by atoms with Crippen molar-refractivity contribution >= 4 is 17.4 Å². The molecule has 0 saturated heterocycles. The zero-order valence-electron chi connectivity index (χ0n) is 15.5. The Hall–Kier alpha value is -3.34. The van der Waals surface area contributed by atoms with Crippen molar-refractivity contribution in [2.24, 2.45) is 5.92 Å². The molecule has 1 amide bonds. The second-order valence-corrected chi connectivity index (χ2v) is 6.57. The van der Waals surface area contributed by atoms with Crippen LogP contribution in [0.3, 0.4) is 0 Å². The Morgan fingerprint density at radius 1 is 1.04 bits per heavy atom. The lowest BCUT2D eigenvalue weighted by Crippen LogP contribution is -2.27. The zero-order chi connectivity index (χ0) is 19.1. The van der Waals surface area contributed by atoms with E-state index in [1.165, 1.54) is 0 Å². The van der Waals surface area contributed by atoms with Gasteiger partial charge in [0, 0.05) is 18.3 Å². The molecule has 0 aliphatic rings. The van der Waals surface area contributed by atoms with Crippen molar-refractivity contribution in [1.82, 2.24) is 10.3 Å². The van der Waals surface area contributed by atoms with Crippen molar-refractivity contribution < 1.29 is 9.53 Å². The third-order valence-electron chi connectivity index (χ3n) is 3.81. The number of hydrogen-bond donors (Lipinski definition) is 2. The van der Waals surface area contributed by atoms with Gasteiger partial charge < -0.3 is 15.4 Å². The van der Waals surface area contributed by atoms with E-state index in [0.29, 0.717) is 29.6 Å². The first kappa shape index (κ1) is 18.5. The first-order valence-electron chi connectivity index (χ1n) is 8.95. The van der Waals surface area contributed by atoms with Crippen LogP contribution in [-0.4, -0.2) is 17.4 Å². The smallest absolute Gasteiger partial charge is 0.251 e. The summed E-state index contributed by atoms with van der Waals surface area (Å²) in [6.45, 7) is 4.75. The number of carbonyl (C=O) groups excluding carboxylic acids is 1. The Bertz CT molecular complexity index is 895. The molecule has 0 aliphatic heterocycles. The molecule has 0 aliphatic carbocycles. The van der Waals surface area contributed by atoms with Crippen LogP contribution in [0.4, 0.5) is 11.5 Å². The lowest BCUT2D eigenvalue weighted by Gasteiger charge is -2.13. The van der Waals surface area contributed by atoms with Gasteiger partial charge >= 0.3 is 0 Å². The number of anilines is 2. The summed E-state index contributed by atoms with van der Waals surface area (Å²) in [5, 5.41) is 6.15. The number of hydrogen-bond acceptors (Lipinski definition) is 4. The van der Waals surface area contributed by atoms with Crippen molar-refractivity contribution in [3.05, 3.63) is 78.5 Å². The van der Waals surface area contributed by atoms with Crippen LogP contribution in [0.25, 0.3) is 0 Å². The largest absolute Gasteiger partial charge is 0.455 e. The van der Waals surface area contributed by atoms with E-state index in [1.807, 2.05) is 54.6 Å². The summed E-state index contributed by atoms with van der Waals surface area (Å²) >= 11 is 0. The van der Waals surface area contributed by atoms with E-state index in [1.54, 1.807) is 18.3 Å². The highest BCUT2D eigenvalue weighted by Crippen LogP contribution is 2.31. The van der Waals surface area contributed by atoms with Gasteiger partial charge in [-0.3, -0.25) is 4.79 Å². The average Bonchev–Trinajstić information content (AvgIpc) is 2.68. The molecule has 2 aromatic carbocycles. The van der Waals surface area contributed by atoms with E-state index in [2.05, 4.69) is 29.5 Å². The minimum absolute atomic E-state index is 0.108. The number of ether oxygens (including phenoxy) is 1. The van der Waals surface area contributed by atoms with E-state index in [9.17, 15) is 4.79 Å². The van der Waals surface area contributed by atoms with Gasteiger partial charge in [-0.15, -0.1) is 0 Å². The standard InChI is InChI=1S/C22H23N3O2/c1-16(2)15-24-22(26)17-12-13-23-21(14-17)25-19-10-6-7-11-20(19)27-18-8-4-3-5-9-18/h3-14,16H,15H2,1-2H3,(H,23,25)(H,24,26). The van der Waals surface area contributed by atoms with Gasteiger partial charge in [-0.2, -0.15) is 0 Å². The van der Waals surface area contributed by atoms with E-state index >= 15 is 0 Å². The molecule has 0 saturated carbocycles. The van der Waals surface area contributed by atoms with Gasteiger partial charge in [0.1, 0.15) is 11.6 Å². The number of amides is 1. The highest BCUT2D eigenvalue weighted by molar-refractivity contribution is 5.94. The van der Waals surface area contributed by atoms with Crippen LogP contribution in [0.15, 0.2) is 72.9 Å². The predicted molar refractivity (Wildman–Crippen MR) is 108 cm³/mol. The van der Waals surface area contributed by atoms with Crippen LogP contribution in [0, 0.1) is 5.92 Å². The fraction of sp³-hybridized carbons (Fsp3) is 0.182. The van der Waals surface area contributed by atoms with Gasteiger partial charge in [-0.1, -0.05) is 44.2 Å². The lowest BCUT2D eigenvalue weighted by molar-refractivity contribution is 0.0949. The number of pyridine rings is 1. The van der Waals surface area contributed by atoms with Crippen molar-refractivity contribution in [3.63, 3.8) is 0 Å². The first-order valence-corrected chi connectivity index (χ1v) is 8.95. The molecule has 3 aromatic rings. The normalized spacial score (nSPS) is 10.5. The highest BCUT2D eigenvalue weighted by atomic mass is 16.5. The Kier molecular flexibility index (Phi) is 6.05. The topological polar surface area (TPSA) is 63.2 Å². The molecular formula is C22H23N3O2. The monoisotopic (exact) mass is 361 g/mol. The van der Waals surface area contributed by atoms with Gasteiger partial charge in [0.25, 0.3) is 5.91 Å². The van der Waals surface area contributed by atoms with Crippen molar-refractivity contribution in [3.8, 4) is 11.5 Å². The van der Waals surface area contributed by atoms with Crippen LogP contribution in [0.5, 0.6) is 11.5 Å². The van der Waals surface area contributed by atoms with E-state index < -0.39 is 0 Å². The molecule has 3 rings (SSSR count). The fourth-order valence-corrected chi connectivity index (χ4v) is 2.45. The lowest BCUT2D eigenvalue weighted by atomic mass is 10.2. The maximum absolute atomic E-state index is 12.3. The summed E-state index contributed by atoms with van der Waals surface area (Å²) in [6, 6.07) is 20.6. The third-order valence-corrected chi connectivity index (χ3v) is 3.81. The summed E-state index contributed by atoms with van der Waals surface area (Å²) in [7, 11) is 0. The average molecular weight is 361 g/mol. The Morgan fingerprint density at radius 3 is 2.56 bits per heavy atom. The fourth-order valence-electron chi connectivity index (χ4n) is 2.45. The molecule has 0 fully saturated rings. The molecule has 1 heterocycles. The number of benzene rings is 2. The van der Waals surface area contributed by atoms with Gasteiger partial charge in [0.2, 0.25) is 0 Å². The van der Waals surface area contributed by atoms with Gasteiger partial charge in [-0.25, -0.2) is 4.98 Å². The quantitative estimate of drug-likeness (QED) is 0.621. The van der Waals surface area contributed by atoms with Crippen molar-refractivity contribution in [2.45, 2.75) is 13.8 Å². The van der Waals surface area contributed by atoms with E-state index in [0.717, 1.165) is 11.4 Å². The maximum Gasteiger partial charge on any atom is 0.251 e. The zero-order valence-corrected chi connectivity index (χ0v) is 15.5. The van der Waals surface area contributed by atoms with Crippen LogP contribution in [0.1, 0.15) is 24.2 Å². The molecule has 138 valence electrons. The highest BCUT2D eigenvalue weighted by Gasteiger charge is 2.09. The summed E-state index contributed by atoms with van der Waals surface area (Å²) in [5.74, 6) is 2.30. The van der Waals surface area contributed by atoms with E-state index in [-0.39, 0.29) is 5.91 Å². The molecule has 5 nitrogen and oxygen atoms in total. The number of nitrogens with zero attached hydrogens (tertiary/aromatic N) is 1. The Labute approximate surface area is 159 Å². The summed E-state index contributed by atoms with van der Waals surface area (Å²) in [6.07, 6.45) is 1.62. The van der Waals surface area contributed by atoms with E-state index in [4.69, 9.17) is 4.74 Å². The number of rotatable bonds is 7.